The molecule has 39 heavy (non-hydrogen) atoms. The van der Waals surface area contributed by atoms with E-state index in [9.17, 15) is 36.8 Å². The van der Waals surface area contributed by atoms with Crippen LogP contribution >= 0.6 is 0 Å². The van der Waals surface area contributed by atoms with E-state index in [-0.39, 0.29) is 11.1 Å². The molecule has 6 nitrogen and oxygen atoms in total. The molecule has 0 saturated heterocycles. The number of amides is 2. The van der Waals surface area contributed by atoms with E-state index >= 15 is 0 Å². The Morgan fingerprint density at radius 2 is 1.67 bits per heavy atom. The second-order valence-electron chi connectivity index (χ2n) is 11.1. The molecule has 0 aromatic heterocycles. The van der Waals surface area contributed by atoms with Crippen molar-refractivity contribution in [3.05, 3.63) is 59.4 Å². The molecular weight excluding hydrogens is 519 g/mol. The third kappa shape index (κ3) is 6.22. The van der Waals surface area contributed by atoms with Crippen molar-refractivity contribution in [3.63, 3.8) is 0 Å². The van der Waals surface area contributed by atoms with Gasteiger partial charge in [0.05, 0.1) is 17.5 Å². The molecule has 2 fully saturated rings. The maximum absolute atomic E-state index is 14.9. The predicted octanol–water partition coefficient (Wildman–Crippen LogP) is 4.88. The fraction of sp³-hybridized carbons (Fsp3) is 0.464. The van der Waals surface area contributed by atoms with E-state index in [1.165, 1.54) is 24.3 Å². The van der Waals surface area contributed by atoms with E-state index in [2.05, 4.69) is 10.6 Å². The Hall–Kier alpha value is -3.52. The number of hydrogen-bond acceptors (Lipinski definition) is 4. The highest BCUT2D eigenvalue weighted by Gasteiger charge is 2.50. The van der Waals surface area contributed by atoms with E-state index in [1.54, 1.807) is 6.07 Å². The number of halogens is 5. The lowest BCUT2D eigenvalue weighted by Crippen LogP contribution is -2.53. The molecule has 4 N–H and O–H groups in total. The van der Waals surface area contributed by atoms with Crippen molar-refractivity contribution in [1.29, 1.82) is 5.26 Å². The van der Waals surface area contributed by atoms with Gasteiger partial charge in [-0.3, -0.25) is 14.9 Å². The predicted molar refractivity (Wildman–Crippen MR) is 133 cm³/mol. The molecule has 2 aliphatic carbocycles. The summed E-state index contributed by atoms with van der Waals surface area (Å²) in [5, 5.41) is 13.9. The van der Waals surface area contributed by atoms with E-state index in [0.29, 0.717) is 36.8 Å². The summed E-state index contributed by atoms with van der Waals surface area (Å²) in [6, 6.07) is 7.23. The van der Waals surface area contributed by atoms with Gasteiger partial charge < -0.3 is 11.1 Å². The van der Waals surface area contributed by atoms with Crippen molar-refractivity contribution in [2.24, 2.45) is 5.73 Å². The number of hydrogen-bond donors (Lipinski definition) is 3. The minimum absolute atomic E-state index is 0.129. The molecule has 0 radical (unpaired) electrons. The van der Waals surface area contributed by atoms with Crippen molar-refractivity contribution in [2.75, 3.05) is 0 Å². The van der Waals surface area contributed by atoms with E-state index in [0.717, 1.165) is 26.0 Å². The Morgan fingerprint density at radius 1 is 1.05 bits per heavy atom. The fourth-order valence-corrected chi connectivity index (χ4v) is 4.71. The molecule has 0 spiro atoms. The summed E-state index contributed by atoms with van der Waals surface area (Å²) < 4.78 is 71.9. The summed E-state index contributed by atoms with van der Waals surface area (Å²) in [6.07, 6.45) is -3.63. The number of alkyl halides is 4. The first-order valence-electron chi connectivity index (χ1n) is 12.5. The third-order valence-electron chi connectivity index (χ3n) is 7.33. The zero-order valence-corrected chi connectivity index (χ0v) is 21.5. The standard InChI is InChI=1S/C28H29F5N4O2/c1-25(2,30)14-21(23(38)37-26(15-34)9-10-26)36-22(28(31,32)33)17-5-3-16(4-6-17)19-8-7-18(13-20(19)29)27(11-12-27)24(35)39/h3-8,13,21-22,36H,9-12,14H2,1-2H3,(H2,35,39)(H,37,38)/t21-,22-/m0/s1. The van der Waals surface area contributed by atoms with Crippen LogP contribution in [0.5, 0.6) is 0 Å². The first kappa shape index (κ1) is 28.5. The van der Waals surface area contributed by atoms with E-state index in [4.69, 9.17) is 5.73 Å². The third-order valence-corrected chi connectivity index (χ3v) is 7.33. The van der Waals surface area contributed by atoms with E-state index < -0.39 is 58.9 Å². The smallest absolute Gasteiger partial charge is 0.369 e. The van der Waals surface area contributed by atoms with Crippen molar-refractivity contribution in [1.82, 2.24) is 10.6 Å². The molecular formula is C28H29F5N4O2. The van der Waals surface area contributed by atoms with Crippen molar-refractivity contribution < 1.29 is 31.5 Å². The molecule has 2 amide bonds. The summed E-state index contributed by atoms with van der Waals surface area (Å²) in [7, 11) is 0. The molecule has 11 heteroatoms. The number of primary amides is 1. The quantitative estimate of drug-likeness (QED) is 0.368. The van der Waals surface area contributed by atoms with Crippen LogP contribution < -0.4 is 16.4 Å². The molecule has 0 aliphatic heterocycles. The zero-order chi connectivity index (χ0) is 28.8. The van der Waals surface area contributed by atoms with Gasteiger partial charge in [-0.05, 0) is 62.3 Å². The SMILES string of the molecule is CC(C)(F)C[C@H](N[C@@H](c1ccc(-c2ccc(C3(C(N)=O)CC3)cc2F)cc1)C(F)(F)F)C(=O)NC1(C#N)CC1. The van der Waals surface area contributed by atoms with Crippen molar-refractivity contribution >= 4 is 11.8 Å². The number of rotatable bonds is 10. The topological polar surface area (TPSA) is 108 Å². The van der Waals surface area contributed by atoms with Crippen molar-refractivity contribution in [3.8, 4) is 17.2 Å². The molecule has 4 rings (SSSR count). The van der Waals surface area contributed by atoms with Gasteiger partial charge in [0, 0.05) is 12.0 Å². The van der Waals surface area contributed by atoms with Gasteiger partial charge in [-0.2, -0.15) is 18.4 Å². The van der Waals surface area contributed by atoms with Gasteiger partial charge in [-0.1, -0.05) is 36.4 Å². The summed E-state index contributed by atoms with van der Waals surface area (Å²) in [4.78, 5) is 24.6. The maximum atomic E-state index is 14.9. The molecule has 2 aromatic rings. The van der Waals surface area contributed by atoms with Crippen LogP contribution in [0.15, 0.2) is 42.5 Å². The molecule has 2 atom stereocenters. The van der Waals surface area contributed by atoms with Crippen LogP contribution in [0, 0.1) is 17.1 Å². The maximum Gasteiger partial charge on any atom is 0.407 e. The average Bonchev–Trinajstić information content (AvgIpc) is 3.76. The summed E-state index contributed by atoms with van der Waals surface area (Å²) in [5.41, 5.74) is 2.09. The van der Waals surface area contributed by atoms with Crippen LogP contribution in [0.1, 0.15) is 63.1 Å². The normalized spacial score (nSPS) is 18.9. The number of nitriles is 1. The Balaban J connectivity index is 1.58. The average molecular weight is 549 g/mol. The minimum Gasteiger partial charge on any atom is -0.369 e. The lowest BCUT2D eigenvalue weighted by atomic mass is 9.92. The second-order valence-corrected chi connectivity index (χ2v) is 11.1. The van der Waals surface area contributed by atoms with Crippen molar-refractivity contribution in [2.45, 2.75) is 80.8 Å². The molecule has 2 saturated carbocycles. The second kappa shape index (κ2) is 9.90. The summed E-state index contributed by atoms with van der Waals surface area (Å²) in [6.45, 7) is 2.30. The molecule has 2 aliphatic rings. The van der Waals surface area contributed by atoms with Crippen LogP contribution in [0.4, 0.5) is 22.0 Å². The minimum atomic E-state index is -4.85. The number of carbonyl (C=O) groups excluding carboxylic acids is 2. The molecule has 0 heterocycles. The zero-order valence-electron chi connectivity index (χ0n) is 21.5. The molecule has 208 valence electrons. The van der Waals surface area contributed by atoms with Gasteiger partial charge in [0.15, 0.2) is 0 Å². The van der Waals surface area contributed by atoms with Gasteiger partial charge in [0.1, 0.15) is 23.1 Å². The number of nitrogens with two attached hydrogens (primary N) is 1. The molecule has 0 unspecified atom stereocenters. The number of carbonyl (C=O) groups is 2. The van der Waals surface area contributed by atoms with Crippen LogP contribution in [0.25, 0.3) is 11.1 Å². The number of benzene rings is 2. The molecule has 2 aromatic carbocycles. The number of nitrogens with one attached hydrogen (secondary N) is 2. The van der Waals surface area contributed by atoms with Crippen LogP contribution in [0.2, 0.25) is 0 Å². The van der Waals surface area contributed by atoms with Gasteiger partial charge in [-0.25, -0.2) is 8.78 Å². The highest BCUT2D eigenvalue weighted by atomic mass is 19.4. The molecule has 0 bridgehead atoms. The first-order chi connectivity index (χ1) is 18.1. The van der Waals surface area contributed by atoms with Gasteiger partial charge in [-0.15, -0.1) is 0 Å². The Kier molecular flexibility index (Phi) is 7.23. The Bertz CT molecular complexity index is 1300. The lowest BCUT2D eigenvalue weighted by Gasteiger charge is -2.30. The van der Waals surface area contributed by atoms with Crippen LogP contribution in [-0.2, 0) is 15.0 Å². The monoisotopic (exact) mass is 548 g/mol. The highest BCUT2D eigenvalue weighted by Crippen LogP contribution is 2.48. The largest absolute Gasteiger partial charge is 0.407 e. The summed E-state index contributed by atoms with van der Waals surface area (Å²) >= 11 is 0. The van der Waals surface area contributed by atoms with Crippen LogP contribution in [-0.4, -0.2) is 35.2 Å². The Labute approximate surface area is 222 Å². The Morgan fingerprint density at radius 3 is 2.10 bits per heavy atom. The van der Waals surface area contributed by atoms with E-state index in [1.807, 2.05) is 6.07 Å². The van der Waals surface area contributed by atoms with Gasteiger partial charge >= 0.3 is 6.18 Å². The fourth-order valence-electron chi connectivity index (χ4n) is 4.71. The summed E-state index contributed by atoms with van der Waals surface area (Å²) in [5.74, 6) is -2.07. The lowest BCUT2D eigenvalue weighted by molar-refractivity contribution is -0.161. The first-order valence-corrected chi connectivity index (χ1v) is 12.5. The highest BCUT2D eigenvalue weighted by molar-refractivity contribution is 5.90. The number of nitrogens with zero attached hydrogens (tertiary/aromatic N) is 1. The van der Waals surface area contributed by atoms with Gasteiger partial charge in [0.2, 0.25) is 11.8 Å². The van der Waals surface area contributed by atoms with Gasteiger partial charge in [0.25, 0.3) is 0 Å². The van der Waals surface area contributed by atoms with Crippen LogP contribution in [0.3, 0.4) is 0 Å².